The summed E-state index contributed by atoms with van der Waals surface area (Å²) in [4.78, 5) is 8.24. The van der Waals surface area contributed by atoms with Gasteiger partial charge in [-0.15, -0.1) is 0 Å². The average Bonchev–Trinajstić information content (AvgIpc) is 2.49. The van der Waals surface area contributed by atoms with Crippen LogP contribution in [0.3, 0.4) is 0 Å². The highest BCUT2D eigenvalue weighted by Crippen LogP contribution is 2.21. The molecular formula is C16H17FN2O2. The summed E-state index contributed by atoms with van der Waals surface area (Å²) < 4.78 is 12.8. The molecule has 0 fully saturated rings. The maximum Gasteiger partial charge on any atom is 0.145 e. The number of hydrogen-bond donors (Lipinski definition) is 2. The molecule has 1 aromatic heterocycles. The van der Waals surface area contributed by atoms with Crippen LogP contribution in [0.2, 0.25) is 0 Å². The quantitative estimate of drug-likeness (QED) is 0.830. The molecule has 2 aromatic rings. The third-order valence-corrected chi connectivity index (χ3v) is 3.19. The lowest BCUT2D eigenvalue weighted by Crippen LogP contribution is -1.99. The highest BCUT2D eigenvalue weighted by Gasteiger charge is 2.08. The number of nitrogens with zero attached hydrogens (tertiary/aromatic N) is 2. The van der Waals surface area contributed by atoms with Crippen LogP contribution < -0.4 is 0 Å². The highest BCUT2D eigenvalue weighted by molar-refractivity contribution is 5.85. The van der Waals surface area contributed by atoms with Gasteiger partial charge in [0.2, 0.25) is 0 Å². The summed E-state index contributed by atoms with van der Waals surface area (Å²) in [5.41, 5.74) is 2.51. The second-order valence-corrected chi connectivity index (χ2v) is 4.70. The lowest BCUT2D eigenvalue weighted by Gasteiger charge is -2.07. The zero-order valence-electron chi connectivity index (χ0n) is 11.8. The average molecular weight is 288 g/mol. The number of rotatable bonds is 5. The van der Waals surface area contributed by atoms with E-state index >= 15 is 0 Å². The molecule has 1 aromatic carbocycles. The molecule has 1 heterocycles. The molecule has 0 aliphatic carbocycles. The molecule has 4 nitrogen and oxygen atoms in total. The monoisotopic (exact) mass is 288 g/mol. The van der Waals surface area contributed by atoms with Crippen molar-refractivity contribution in [2.24, 2.45) is 4.99 Å². The predicted octanol–water partition coefficient (Wildman–Crippen LogP) is 2.39. The van der Waals surface area contributed by atoms with E-state index in [0.29, 0.717) is 29.8 Å². The normalized spacial score (nSPS) is 11.2. The summed E-state index contributed by atoms with van der Waals surface area (Å²) in [6.45, 7) is 1.99. The number of aromatic hydroxyl groups is 1. The van der Waals surface area contributed by atoms with E-state index in [1.807, 2.05) is 0 Å². The molecule has 0 unspecified atom stereocenters. The van der Waals surface area contributed by atoms with Crippen LogP contribution in [0.1, 0.15) is 22.4 Å². The van der Waals surface area contributed by atoms with Crippen molar-refractivity contribution in [1.82, 2.24) is 4.98 Å². The van der Waals surface area contributed by atoms with E-state index in [-0.39, 0.29) is 18.2 Å². The van der Waals surface area contributed by atoms with Gasteiger partial charge in [0.05, 0.1) is 12.3 Å². The Morgan fingerprint density at radius 2 is 2.00 bits per heavy atom. The first-order valence-corrected chi connectivity index (χ1v) is 6.64. The SMILES string of the molecule is Cc1ncc(CO)c(C=NCCc2ccc(F)cc2)c1O. The number of aliphatic imine (C=N–C) groups is 1. The van der Waals surface area contributed by atoms with Crippen molar-refractivity contribution in [3.63, 3.8) is 0 Å². The fourth-order valence-corrected chi connectivity index (χ4v) is 1.92. The number of benzene rings is 1. The molecular weight excluding hydrogens is 271 g/mol. The second-order valence-electron chi connectivity index (χ2n) is 4.70. The summed E-state index contributed by atoms with van der Waals surface area (Å²) in [7, 11) is 0. The molecule has 0 atom stereocenters. The lowest BCUT2D eigenvalue weighted by molar-refractivity contribution is 0.280. The smallest absolute Gasteiger partial charge is 0.145 e. The summed E-state index contributed by atoms with van der Waals surface area (Å²) in [6, 6.07) is 6.28. The van der Waals surface area contributed by atoms with Gasteiger partial charge < -0.3 is 10.2 Å². The molecule has 0 amide bonds. The Morgan fingerprint density at radius 3 is 2.67 bits per heavy atom. The van der Waals surface area contributed by atoms with Gasteiger partial charge in [-0.25, -0.2) is 4.39 Å². The van der Waals surface area contributed by atoms with Crippen molar-refractivity contribution in [1.29, 1.82) is 0 Å². The first-order chi connectivity index (χ1) is 10.1. The molecule has 110 valence electrons. The van der Waals surface area contributed by atoms with Crippen LogP contribution in [0.25, 0.3) is 0 Å². The van der Waals surface area contributed by atoms with Crippen molar-refractivity contribution in [2.75, 3.05) is 6.54 Å². The zero-order valence-corrected chi connectivity index (χ0v) is 11.8. The lowest BCUT2D eigenvalue weighted by atomic mass is 10.1. The number of aryl methyl sites for hydroxylation is 1. The first-order valence-electron chi connectivity index (χ1n) is 6.64. The van der Waals surface area contributed by atoms with Gasteiger partial charge in [-0.05, 0) is 31.0 Å². The third-order valence-electron chi connectivity index (χ3n) is 3.19. The maximum absolute atomic E-state index is 12.8. The van der Waals surface area contributed by atoms with Crippen LogP contribution in [0, 0.1) is 12.7 Å². The zero-order chi connectivity index (χ0) is 15.2. The van der Waals surface area contributed by atoms with Gasteiger partial charge in [0.25, 0.3) is 0 Å². The number of halogens is 1. The Balaban J connectivity index is 2.04. The Labute approximate surface area is 122 Å². The molecule has 2 N–H and O–H groups in total. The van der Waals surface area contributed by atoms with Gasteiger partial charge in [-0.2, -0.15) is 0 Å². The van der Waals surface area contributed by atoms with Crippen molar-refractivity contribution >= 4 is 6.21 Å². The molecule has 0 bridgehead atoms. The molecule has 0 saturated carbocycles. The van der Waals surface area contributed by atoms with E-state index in [0.717, 1.165) is 5.56 Å². The summed E-state index contributed by atoms with van der Waals surface area (Å²) in [6.07, 6.45) is 3.74. The van der Waals surface area contributed by atoms with E-state index in [4.69, 9.17) is 0 Å². The molecule has 0 saturated heterocycles. The Kier molecular flexibility index (Phi) is 5.00. The number of aliphatic hydroxyl groups excluding tert-OH is 1. The Bertz CT molecular complexity index is 639. The minimum atomic E-state index is -0.257. The van der Waals surface area contributed by atoms with Gasteiger partial charge in [0.15, 0.2) is 0 Å². The van der Waals surface area contributed by atoms with E-state index in [1.54, 1.807) is 25.3 Å². The summed E-state index contributed by atoms with van der Waals surface area (Å²) >= 11 is 0. The maximum atomic E-state index is 12.8. The van der Waals surface area contributed by atoms with Crippen LogP contribution in [0.15, 0.2) is 35.5 Å². The third kappa shape index (κ3) is 3.86. The van der Waals surface area contributed by atoms with Crippen molar-refractivity contribution in [3.05, 3.63) is 58.7 Å². The molecule has 0 spiro atoms. The fourth-order valence-electron chi connectivity index (χ4n) is 1.92. The summed E-state index contributed by atoms with van der Waals surface area (Å²) in [5, 5.41) is 19.2. The molecule has 0 aliphatic heterocycles. The Morgan fingerprint density at radius 1 is 1.29 bits per heavy atom. The minimum Gasteiger partial charge on any atom is -0.505 e. The van der Waals surface area contributed by atoms with Crippen LogP contribution in [-0.4, -0.2) is 28.0 Å². The van der Waals surface area contributed by atoms with Crippen molar-refractivity contribution in [3.8, 4) is 5.75 Å². The van der Waals surface area contributed by atoms with Crippen LogP contribution >= 0.6 is 0 Å². The van der Waals surface area contributed by atoms with Gasteiger partial charge in [0, 0.05) is 30.1 Å². The number of aromatic nitrogens is 1. The molecule has 0 radical (unpaired) electrons. The van der Waals surface area contributed by atoms with Gasteiger partial charge in [-0.1, -0.05) is 12.1 Å². The van der Waals surface area contributed by atoms with E-state index in [2.05, 4.69) is 9.98 Å². The van der Waals surface area contributed by atoms with Crippen LogP contribution in [0.5, 0.6) is 5.75 Å². The molecule has 5 heteroatoms. The van der Waals surface area contributed by atoms with E-state index < -0.39 is 0 Å². The van der Waals surface area contributed by atoms with Crippen LogP contribution in [0.4, 0.5) is 4.39 Å². The number of pyridine rings is 1. The number of aliphatic hydroxyl groups is 1. The fraction of sp³-hybridized carbons (Fsp3) is 0.250. The summed E-state index contributed by atoms with van der Waals surface area (Å²) in [5.74, 6) is -0.223. The molecule has 0 aliphatic rings. The first kappa shape index (κ1) is 15.1. The number of hydrogen-bond acceptors (Lipinski definition) is 4. The topological polar surface area (TPSA) is 65.7 Å². The van der Waals surface area contributed by atoms with Gasteiger partial charge in [0.1, 0.15) is 11.6 Å². The van der Waals surface area contributed by atoms with E-state index in [9.17, 15) is 14.6 Å². The Hall–Kier alpha value is -2.27. The van der Waals surface area contributed by atoms with Crippen molar-refractivity contribution < 1.29 is 14.6 Å². The van der Waals surface area contributed by atoms with Gasteiger partial charge >= 0.3 is 0 Å². The molecule has 2 rings (SSSR count). The predicted molar refractivity (Wildman–Crippen MR) is 79.1 cm³/mol. The standard InChI is InChI=1S/C16H17FN2O2/c1-11-16(21)15(13(10-20)8-19-11)9-18-7-6-12-2-4-14(17)5-3-12/h2-5,8-9,20-21H,6-7,10H2,1H3. The van der Waals surface area contributed by atoms with Crippen molar-refractivity contribution in [2.45, 2.75) is 20.0 Å². The van der Waals surface area contributed by atoms with E-state index in [1.165, 1.54) is 18.3 Å². The largest absolute Gasteiger partial charge is 0.505 e. The minimum absolute atomic E-state index is 0.0343. The van der Waals surface area contributed by atoms with Crippen LogP contribution in [-0.2, 0) is 13.0 Å². The second kappa shape index (κ2) is 6.95. The highest BCUT2D eigenvalue weighted by atomic mass is 19.1. The molecule has 21 heavy (non-hydrogen) atoms. The van der Waals surface area contributed by atoms with Gasteiger partial charge in [-0.3, -0.25) is 9.98 Å².